The summed E-state index contributed by atoms with van der Waals surface area (Å²) in [7, 11) is 0. The van der Waals surface area contributed by atoms with Crippen molar-refractivity contribution in [2.24, 2.45) is 5.73 Å². The predicted octanol–water partition coefficient (Wildman–Crippen LogP) is 4.65. The Kier molecular flexibility index (Phi) is 5.13. The van der Waals surface area contributed by atoms with Crippen molar-refractivity contribution in [3.05, 3.63) is 86.8 Å². The number of halogens is 2. The van der Waals surface area contributed by atoms with Crippen molar-refractivity contribution in [2.75, 3.05) is 4.90 Å². The summed E-state index contributed by atoms with van der Waals surface area (Å²) in [6.07, 6.45) is 0. The van der Waals surface area contributed by atoms with Gasteiger partial charge in [0.05, 0.1) is 23.1 Å². The summed E-state index contributed by atoms with van der Waals surface area (Å²) in [5.74, 6) is -1.72. The summed E-state index contributed by atoms with van der Waals surface area (Å²) >= 11 is 11.9. The lowest BCUT2D eigenvalue weighted by atomic mass is 9.81. The highest BCUT2D eigenvalue weighted by Gasteiger charge is 2.37. The second kappa shape index (κ2) is 7.36. The molecule has 1 unspecified atom stereocenters. The zero-order chi connectivity index (χ0) is 19.7. The molecule has 1 aliphatic heterocycles. The zero-order valence-electron chi connectivity index (χ0n) is 14.3. The van der Waals surface area contributed by atoms with Crippen molar-refractivity contribution in [2.45, 2.75) is 12.8 Å². The Hall–Kier alpha value is -2.94. The molecule has 3 N–H and O–H groups in total. The van der Waals surface area contributed by atoms with E-state index in [0.29, 0.717) is 27.0 Å². The van der Waals surface area contributed by atoms with Crippen LogP contribution in [-0.4, -0.2) is 11.1 Å². The van der Waals surface area contributed by atoms with Crippen LogP contribution < -0.4 is 10.6 Å². The molecule has 27 heavy (non-hydrogen) atoms. The first-order valence-corrected chi connectivity index (χ1v) is 8.75. The Labute approximate surface area is 166 Å². The monoisotopic (exact) mass is 399 g/mol. The highest BCUT2D eigenvalue weighted by molar-refractivity contribution is 6.30. The van der Waals surface area contributed by atoms with E-state index in [-0.39, 0.29) is 17.0 Å². The van der Waals surface area contributed by atoms with Gasteiger partial charge in [0, 0.05) is 21.4 Å². The Balaban J connectivity index is 2.25. The van der Waals surface area contributed by atoms with Gasteiger partial charge in [-0.15, -0.1) is 0 Å². The van der Waals surface area contributed by atoms with Gasteiger partial charge in [-0.1, -0.05) is 35.3 Å². The molecule has 0 fully saturated rings. The number of nitriles is 1. The third-order valence-electron chi connectivity index (χ3n) is 4.46. The maximum atomic E-state index is 12.1. The molecule has 0 aliphatic carbocycles. The number of aliphatic carboxylic acids is 1. The van der Waals surface area contributed by atoms with Crippen LogP contribution in [0.25, 0.3) is 0 Å². The SMILES string of the molecule is CC1=C(C(=O)O)C(c2ccc(Cl)cc2)C(C#N)=C(N)N1c1ccc(Cl)cc1. The summed E-state index contributed by atoms with van der Waals surface area (Å²) in [6, 6.07) is 15.6. The third-order valence-corrected chi connectivity index (χ3v) is 4.96. The van der Waals surface area contributed by atoms with E-state index in [9.17, 15) is 15.2 Å². The fourth-order valence-electron chi connectivity index (χ4n) is 3.23. The summed E-state index contributed by atoms with van der Waals surface area (Å²) in [4.78, 5) is 13.7. The van der Waals surface area contributed by atoms with Crippen LogP contribution in [0.2, 0.25) is 10.0 Å². The maximum absolute atomic E-state index is 12.1. The smallest absolute Gasteiger partial charge is 0.334 e. The van der Waals surface area contributed by atoms with Crippen molar-refractivity contribution >= 4 is 34.9 Å². The van der Waals surface area contributed by atoms with E-state index in [2.05, 4.69) is 6.07 Å². The van der Waals surface area contributed by atoms with E-state index in [1.54, 1.807) is 60.4 Å². The lowest BCUT2D eigenvalue weighted by molar-refractivity contribution is -0.133. The topological polar surface area (TPSA) is 90.3 Å². The summed E-state index contributed by atoms with van der Waals surface area (Å²) in [5.41, 5.74) is 8.24. The van der Waals surface area contributed by atoms with Gasteiger partial charge in [0.25, 0.3) is 0 Å². The Morgan fingerprint density at radius 3 is 2.11 bits per heavy atom. The number of anilines is 1. The number of carboxylic acid groups (broad SMARTS) is 1. The molecule has 0 saturated carbocycles. The molecular weight excluding hydrogens is 385 g/mol. The van der Waals surface area contributed by atoms with E-state index in [1.807, 2.05) is 0 Å². The van der Waals surface area contributed by atoms with Gasteiger partial charge in [-0.25, -0.2) is 4.79 Å². The molecule has 2 aromatic rings. The Morgan fingerprint density at radius 2 is 1.63 bits per heavy atom. The second-order valence-corrected chi connectivity index (χ2v) is 6.88. The first-order valence-electron chi connectivity index (χ1n) is 8.00. The minimum atomic E-state index is -1.12. The van der Waals surface area contributed by atoms with Crippen LogP contribution in [0, 0.1) is 11.3 Å². The van der Waals surface area contributed by atoms with Crippen LogP contribution in [0.15, 0.2) is 71.2 Å². The normalized spacial score (nSPS) is 17.1. The second-order valence-electron chi connectivity index (χ2n) is 6.01. The molecule has 2 aromatic carbocycles. The average molecular weight is 400 g/mol. The van der Waals surface area contributed by atoms with Gasteiger partial charge >= 0.3 is 5.97 Å². The molecule has 0 bridgehead atoms. The molecule has 3 rings (SSSR count). The van der Waals surface area contributed by atoms with Gasteiger partial charge in [-0.2, -0.15) is 5.26 Å². The molecule has 0 aromatic heterocycles. The summed E-state index contributed by atoms with van der Waals surface area (Å²) in [5, 5.41) is 20.7. The Bertz CT molecular complexity index is 1000. The number of carbonyl (C=O) groups is 1. The molecule has 1 heterocycles. The van der Waals surface area contributed by atoms with Crippen molar-refractivity contribution in [1.82, 2.24) is 0 Å². The van der Waals surface area contributed by atoms with Crippen LogP contribution in [0.4, 0.5) is 5.69 Å². The van der Waals surface area contributed by atoms with Crippen LogP contribution >= 0.6 is 23.2 Å². The molecule has 0 radical (unpaired) electrons. The average Bonchev–Trinajstić information content (AvgIpc) is 2.63. The van der Waals surface area contributed by atoms with Crippen molar-refractivity contribution in [1.29, 1.82) is 5.26 Å². The predicted molar refractivity (Wildman–Crippen MR) is 105 cm³/mol. The fourth-order valence-corrected chi connectivity index (χ4v) is 3.49. The van der Waals surface area contributed by atoms with E-state index < -0.39 is 11.9 Å². The van der Waals surface area contributed by atoms with Gasteiger partial charge in [-0.05, 0) is 48.9 Å². The first kappa shape index (κ1) is 18.8. The molecule has 136 valence electrons. The zero-order valence-corrected chi connectivity index (χ0v) is 15.8. The number of benzene rings is 2. The van der Waals surface area contributed by atoms with Gasteiger partial charge in [0.1, 0.15) is 5.82 Å². The number of nitrogens with zero attached hydrogens (tertiary/aromatic N) is 2. The van der Waals surface area contributed by atoms with Crippen LogP contribution in [0.3, 0.4) is 0 Å². The van der Waals surface area contributed by atoms with Crippen LogP contribution in [0.1, 0.15) is 18.4 Å². The first-order chi connectivity index (χ1) is 12.8. The number of rotatable bonds is 3. The van der Waals surface area contributed by atoms with E-state index in [4.69, 9.17) is 28.9 Å². The lowest BCUT2D eigenvalue weighted by Crippen LogP contribution is -2.36. The molecule has 1 aliphatic rings. The van der Waals surface area contributed by atoms with Crippen LogP contribution in [-0.2, 0) is 4.79 Å². The highest BCUT2D eigenvalue weighted by atomic mass is 35.5. The van der Waals surface area contributed by atoms with E-state index >= 15 is 0 Å². The number of carboxylic acids is 1. The molecule has 0 amide bonds. The largest absolute Gasteiger partial charge is 0.478 e. The molecule has 0 saturated heterocycles. The van der Waals surface area contributed by atoms with Gasteiger partial charge in [-0.3, -0.25) is 4.90 Å². The van der Waals surface area contributed by atoms with Crippen molar-refractivity contribution in [3.63, 3.8) is 0 Å². The molecule has 7 heteroatoms. The number of hydrogen-bond donors (Lipinski definition) is 2. The van der Waals surface area contributed by atoms with Crippen LogP contribution in [0.5, 0.6) is 0 Å². The molecular formula is C20H15Cl2N3O2. The maximum Gasteiger partial charge on any atom is 0.334 e. The van der Waals surface area contributed by atoms with Gasteiger partial charge in [0.2, 0.25) is 0 Å². The van der Waals surface area contributed by atoms with Crippen molar-refractivity contribution < 1.29 is 9.90 Å². The number of nitrogens with two attached hydrogens (primary N) is 1. The number of hydrogen-bond acceptors (Lipinski definition) is 4. The minimum absolute atomic E-state index is 0.0815. The third kappa shape index (κ3) is 3.37. The van der Waals surface area contributed by atoms with Crippen molar-refractivity contribution in [3.8, 4) is 6.07 Å². The standard InChI is InChI=1S/C20H15Cl2N3O2/c1-11-17(20(26)27)18(12-2-4-13(21)5-3-12)16(10-23)19(24)25(11)15-8-6-14(22)7-9-15/h2-9,18H,24H2,1H3,(H,26,27). The summed E-state index contributed by atoms with van der Waals surface area (Å²) < 4.78 is 0. The van der Waals surface area contributed by atoms with E-state index in [0.717, 1.165) is 0 Å². The molecule has 5 nitrogen and oxygen atoms in total. The summed E-state index contributed by atoms with van der Waals surface area (Å²) in [6.45, 7) is 1.67. The minimum Gasteiger partial charge on any atom is -0.478 e. The highest BCUT2D eigenvalue weighted by Crippen LogP contribution is 2.42. The quantitative estimate of drug-likeness (QED) is 0.783. The van der Waals surface area contributed by atoms with Gasteiger partial charge < -0.3 is 10.8 Å². The number of allylic oxidation sites excluding steroid dienone is 2. The fraction of sp³-hybridized carbons (Fsp3) is 0.100. The molecule has 0 spiro atoms. The van der Waals surface area contributed by atoms with E-state index in [1.165, 1.54) is 0 Å². The Morgan fingerprint density at radius 1 is 1.11 bits per heavy atom. The van der Waals surface area contributed by atoms with Gasteiger partial charge in [0.15, 0.2) is 0 Å². The molecule has 1 atom stereocenters. The lowest BCUT2D eigenvalue weighted by Gasteiger charge is -2.35.